The van der Waals surface area contributed by atoms with Crippen LogP contribution in [0, 0.1) is 5.82 Å². The van der Waals surface area contributed by atoms with Crippen molar-refractivity contribution in [1.29, 1.82) is 0 Å². The van der Waals surface area contributed by atoms with E-state index >= 15 is 0 Å². The number of aromatic nitrogens is 2. The Balaban J connectivity index is 1.78. The molecule has 1 aliphatic rings. The third-order valence-corrected chi connectivity index (χ3v) is 3.71. The van der Waals surface area contributed by atoms with Crippen LogP contribution in [0.4, 0.5) is 4.39 Å². The first-order valence-electron chi connectivity index (χ1n) is 6.09. The van der Waals surface area contributed by atoms with Crippen LogP contribution in [0.15, 0.2) is 18.5 Å². The maximum absolute atomic E-state index is 13.1. The highest BCUT2D eigenvalue weighted by atomic mass is 19.1. The molecule has 0 saturated carbocycles. The number of fused-ring (bicyclic) bond motifs is 1. The van der Waals surface area contributed by atoms with E-state index in [2.05, 4.69) is 21.8 Å². The summed E-state index contributed by atoms with van der Waals surface area (Å²) in [6, 6.07) is 2.27. The minimum absolute atomic E-state index is 0.268. The number of aromatic amines is 1. The number of rotatable bonds is 3. The summed E-state index contributed by atoms with van der Waals surface area (Å²) in [7, 11) is 0. The van der Waals surface area contributed by atoms with Crippen LogP contribution < -0.4 is 0 Å². The standard InChI is InChI=1S/C13H16FN3/c1-9-2-4-17(9)5-3-10-7-15-13-12(10)6-11(14)8-16-13/h6-9H,2-5H2,1H3,(H,15,16)/t9-/m1/s1. The SMILES string of the molecule is C[C@@H]1CCN1CCc1c[nH]c2ncc(F)cc12. The molecule has 1 aliphatic heterocycles. The van der Waals surface area contributed by atoms with Crippen LogP contribution >= 0.6 is 0 Å². The van der Waals surface area contributed by atoms with Crippen molar-refractivity contribution in [3.63, 3.8) is 0 Å². The molecule has 1 fully saturated rings. The molecule has 0 radical (unpaired) electrons. The third-order valence-electron chi connectivity index (χ3n) is 3.71. The number of hydrogen-bond acceptors (Lipinski definition) is 2. The lowest BCUT2D eigenvalue weighted by Crippen LogP contribution is -2.46. The van der Waals surface area contributed by atoms with Gasteiger partial charge < -0.3 is 9.88 Å². The molecule has 0 unspecified atom stereocenters. The molecule has 3 nitrogen and oxygen atoms in total. The van der Waals surface area contributed by atoms with E-state index in [0.29, 0.717) is 6.04 Å². The van der Waals surface area contributed by atoms with Crippen LogP contribution in [0.2, 0.25) is 0 Å². The predicted molar refractivity (Wildman–Crippen MR) is 65.4 cm³/mol. The van der Waals surface area contributed by atoms with Crippen molar-refractivity contribution in [1.82, 2.24) is 14.9 Å². The maximum Gasteiger partial charge on any atom is 0.142 e. The number of likely N-dealkylation sites (tertiary alicyclic amines) is 1. The van der Waals surface area contributed by atoms with Gasteiger partial charge in [0.15, 0.2) is 0 Å². The number of nitrogens with one attached hydrogen (secondary N) is 1. The third kappa shape index (κ3) is 1.93. The first-order chi connectivity index (χ1) is 8.24. The fourth-order valence-corrected chi connectivity index (χ4v) is 2.41. The molecule has 0 spiro atoms. The molecule has 2 aromatic heterocycles. The van der Waals surface area contributed by atoms with Crippen molar-refractivity contribution in [2.75, 3.05) is 13.1 Å². The first-order valence-corrected chi connectivity index (χ1v) is 6.09. The van der Waals surface area contributed by atoms with Gasteiger partial charge in [0.2, 0.25) is 0 Å². The highest BCUT2D eigenvalue weighted by Gasteiger charge is 2.22. The van der Waals surface area contributed by atoms with Crippen LogP contribution in [0.3, 0.4) is 0 Å². The average molecular weight is 233 g/mol. The minimum atomic E-state index is -0.268. The smallest absolute Gasteiger partial charge is 0.142 e. The van der Waals surface area contributed by atoms with E-state index in [0.717, 1.165) is 29.6 Å². The second kappa shape index (κ2) is 4.11. The largest absolute Gasteiger partial charge is 0.346 e. The molecule has 17 heavy (non-hydrogen) atoms. The number of hydrogen-bond donors (Lipinski definition) is 1. The Morgan fingerprint density at radius 2 is 2.47 bits per heavy atom. The summed E-state index contributed by atoms with van der Waals surface area (Å²) < 4.78 is 13.1. The van der Waals surface area contributed by atoms with E-state index in [9.17, 15) is 4.39 Å². The van der Waals surface area contributed by atoms with E-state index in [1.807, 2.05) is 6.20 Å². The highest BCUT2D eigenvalue weighted by molar-refractivity contribution is 5.79. The zero-order chi connectivity index (χ0) is 11.8. The first kappa shape index (κ1) is 10.7. The molecule has 0 amide bonds. The quantitative estimate of drug-likeness (QED) is 0.882. The summed E-state index contributed by atoms with van der Waals surface area (Å²) in [6.07, 6.45) is 5.45. The minimum Gasteiger partial charge on any atom is -0.346 e. The molecule has 1 N–H and O–H groups in total. The van der Waals surface area contributed by atoms with E-state index in [1.54, 1.807) is 6.07 Å². The lowest BCUT2D eigenvalue weighted by atomic mass is 10.0. The normalized spacial score (nSPS) is 20.7. The molecule has 1 saturated heterocycles. The second-order valence-electron chi connectivity index (χ2n) is 4.79. The van der Waals surface area contributed by atoms with Crippen molar-refractivity contribution in [2.45, 2.75) is 25.8 Å². The van der Waals surface area contributed by atoms with Crippen LogP contribution in [0.1, 0.15) is 18.9 Å². The lowest BCUT2D eigenvalue weighted by molar-refractivity contribution is 0.107. The van der Waals surface area contributed by atoms with Gasteiger partial charge in [0.1, 0.15) is 11.5 Å². The van der Waals surface area contributed by atoms with Gasteiger partial charge in [0.05, 0.1) is 6.20 Å². The number of pyridine rings is 1. The van der Waals surface area contributed by atoms with Crippen molar-refractivity contribution < 1.29 is 4.39 Å². The van der Waals surface area contributed by atoms with Gasteiger partial charge in [-0.05, 0) is 37.9 Å². The van der Waals surface area contributed by atoms with E-state index in [1.165, 1.54) is 19.2 Å². The van der Waals surface area contributed by atoms with Gasteiger partial charge in [-0.3, -0.25) is 0 Å². The number of halogens is 1. The maximum atomic E-state index is 13.1. The molecular formula is C13H16FN3. The van der Waals surface area contributed by atoms with Crippen molar-refractivity contribution in [3.05, 3.63) is 29.8 Å². The van der Waals surface area contributed by atoms with Gasteiger partial charge in [-0.25, -0.2) is 9.37 Å². The summed E-state index contributed by atoms with van der Waals surface area (Å²) in [4.78, 5) is 9.57. The molecule has 0 aromatic carbocycles. The van der Waals surface area contributed by atoms with Crippen molar-refractivity contribution in [3.8, 4) is 0 Å². The summed E-state index contributed by atoms with van der Waals surface area (Å²) in [6.45, 7) is 4.49. The molecule has 1 atom stereocenters. The predicted octanol–water partition coefficient (Wildman–Crippen LogP) is 2.34. The van der Waals surface area contributed by atoms with Crippen LogP contribution in [0.5, 0.6) is 0 Å². The topological polar surface area (TPSA) is 31.9 Å². The fraction of sp³-hybridized carbons (Fsp3) is 0.462. The molecule has 90 valence electrons. The average Bonchev–Trinajstić information content (AvgIpc) is 2.70. The Bertz CT molecular complexity index is 534. The van der Waals surface area contributed by atoms with E-state index < -0.39 is 0 Å². The molecule has 4 heteroatoms. The Morgan fingerprint density at radius 3 is 3.18 bits per heavy atom. The summed E-state index contributed by atoms with van der Waals surface area (Å²) in [5, 5.41) is 0.915. The molecule has 0 bridgehead atoms. The van der Waals surface area contributed by atoms with Crippen molar-refractivity contribution >= 4 is 11.0 Å². The Morgan fingerprint density at radius 1 is 1.59 bits per heavy atom. The molecule has 2 aromatic rings. The zero-order valence-electron chi connectivity index (χ0n) is 9.91. The molecule has 3 rings (SSSR count). The van der Waals surface area contributed by atoms with Gasteiger partial charge in [0, 0.05) is 24.2 Å². The van der Waals surface area contributed by atoms with Crippen LogP contribution in [-0.2, 0) is 6.42 Å². The Kier molecular flexibility index (Phi) is 2.59. The lowest BCUT2D eigenvalue weighted by Gasteiger charge is -2.38. The molecular weight excluding hydrogens is 217 g/mol. The number of H-pyrrole nitrogens is 1. The van der Waals surface area contributed by atoms with Crippen LogP contribution in [0.25, 0.3) is 11.0 Å². The van der Waals surface area contributed by atoms with Crippen LogP contribution in [-0.4, -0.2) is 34.0 Å². The van der Waals surface area contributed by atoms with Gasteiger partial charge in [-0.15, -0.1) is 0 Å². The fourth-order valence-electron chi connectivity index (χ4n) is 2.41. The Hall–Kier alpha value is -1.42. The van der Waals surface area contributed by atoms with Crippen molar-refractivity contribution in [2.24, 2.45) is 0 Å². The van der Waals surface area contributed by atoms with Gasteiger partial charge >= 0.3 is 0 Å². The summed E-state index contributed by atoms with van der Waals surface area (Å²) >= 11 is 0. The zero-order valence-corrected chi connectivity index (χ0v) is 9.91. The van der Waals surface area contributed by atoms with E-state index in [-0.39, 0.29) is 5.82 Å². The molecule has 0 aliphatic carbocycles. The van der Waals surface area contributed by atoms with Gasteiger partial charge in [-0.2, -0.15) is 0 Å². The monoisotopic (exact) mass is 233 g/mol. The second-order valence-corrected chi connectivity index (χ2v) is 4.79. The van der Waals surface area contributed by atoms with Gasteiger partial charge in [0.25, 0.3) is 0 Å². The summed E-state index contributed by atoms with van der Waals surface area (Å²) in [5.74, 6) is -0.268. The van der Waals surface area contributed by atoms with E-state index in [4.69, 9.17) is 0 Å². The molecule has 3 heterocycles. The highest BCUT2D eigenvalue weighted by Crippen LogP contribution is 2.21. The summed E-state index contributed by atoms with van der Waals surface area (Å²) in [5.41, 5.74) is 1.93. The number of nitrogens with zero attached hydrogens (tertiary/aromatic N) is 2. The van der Waals surface area contributed by atoms with Gasteiger partial charge in [-0.1, -0.05) is 0 Å². The Labute approximate surface area is 99.7 Å².